The van der Waals surface area contributed by atoms with Crippen molar-refractivity contribution >= 4 is 12.3 Å². The number of urea groups is 1. The van der Waals surface area contributed by atoms with Crippen LogP contribution >= 0.6 is 0 Å². The molecule has 1 aliphatic heterocycles. The molecule has 108 valence electrons. The Hall–Kier alpha value is -2.04. The molecule has 2 rings (SSSR count). The molecular formula is C15H20N2O3. The van der Waals surface area contributed by atoms with Crippen molar-refractivity contribution < 1.29 is 14.3 Å². The Kier molecular flexibility index (Phi) is 4.61. The lowest BCUT2D eigenvalue weighted by atomic mass is 10.1. The number of piperidine rings is 1. The van der Waals surface area contributed by atoms with Gasteiger partial charge in [-0.05, 0) is 24.3 Å². The summed E-state index contributed by atoms with van der Waals surface area (Å²) in [5, 5.41) is 0. The average molecular weight is 276 g/mol. The Morgan fingerprint density at radius 1 is 1.25 bits per heavy atom. The maximum absolute atomic E-state index is 11.8. The van der Waals surface area contributed by atoms with Gasteiger partial charge in [0.1, 0.15) is 18.1 Å². The molecule has 0 unspecified atom stereocenters. The minimum atomic E-state index is 0.0544. The van der Waals surface area contributed by atoms with Gasteiger partial charge < -0.3 is 14.5 Å². The molecule has 1 aromatic carbocycles. The predicted molar refractivity (Wildman–Crippen MR) is 76.1 cm³/mol. The van der Waals surface area contributed by atoms with Gasteiger partial charge in [-0.2, -0.15) is 0 Å². The summed E-state index contributed by atoms with van der Waals surface area (Å²) in [6, 6.07) is 7.15. The number of aldehydes is 1. The van der Waals surface area contributed by atoms with E-state index in [9.17, 15) is 9.59 Å². The number of hydrogen-bond donors (Lipinski definition) is 0. The van der Waals surface area contributed by atoms with Crippen LogP contribution in [0, 0.1) is 0 Å². The largest absolute Gasteiger partial charge is 0.490 e. The van der Waals surface area contributed by atoms with E-state index in [0.29, 0.717) is 18.7 Å². The molecule has 0 radical (unpaired) electrons. The van der Waals surface area contributed by atoms with Gasteiger partial charge in [-0.15, -0.1) is 0 Å². The highest BCUT2D eigenvalue weighted by Crippen LogP contribution is 2.19. The second kappa shape index (κ2) is 6.41. The van der Waals surface area contributed by atoms with Gasteiger partial charge in [0.2, 0.25) is 0 Å². The highest BCUT2D eigenvalue weighted by atomic mass is 16.5. The molecule has 1 fully saturated rings. The molecule has 20 heavy (non-hydrogen) atoms. The molecule has 0 spiro atoms. The molecule has 2 amide bonds. The van der Waals surface area contributed by atoms with Gasteiger partial charge in [0.25, 0.3) is 0 Å². The third-order valence-electron chi connectivity index (χ3n) is 3.41. The Balaban J connectivity index is 1.84. The first-order valence-electron chi connectivity index (χ1n) is 6.78. The second-order valence-electron chi connectivity index (χ2n) is 5.17. The van der Waals surface area contributed by atoms with E-state index in [1.54, 1.807) is 43.3 Å². The lowest BCUT2D eigenvalue weighted by Gasteiger charge is -2.33. The number of carbonyl (C=O) groups excluding carboxylic acids is 2. The van der Waals surface area contributed by atoms with Gasteiger partial charge in [-0.1, -0.05) is 0 Å². The van der Waals surface area contributed by atoms with Crippen molar-refractivity contribution in [3.8, 4) is 5.75 Å². The molecule has 0 bridgehead atoms. The third kappa shape index (κ3) is 3.50. The molecule has 1 aliphatic rings. The molecule has 0 atom stereocenters. The number of hydrogen-bond acceptors (Lipinski definition) is 3. The topological polar surface area (TPSA) is 49.9 Å². The molecule has 0 saturated carbocycles. The average Bonchev–Trinajstić information content (AvgIpc) is 2.48. The summed E-state index contributed by atoms with van der Waals surface area (Å²) >= 11 is 0. The number of benzene rings is 1. The zero-order chi connectivity index (χ0) is 14.5. The summed E-state index contributed by atoms with van der Waals surface area (Å²) in [6.45, 7) is 1.43. The van der Waals surface area contributed by atoms with Crippen LogP contribution in [0.15, 0.2) is 24.3 Å². The van der Waals surface area contributed by atoms with Gasteiger partial charge >= 0.3 is 6.03 Å². The number of nitrogens with zero attached hydrogens (tertiary/aromatic N) is 2. The first-order valence-corrected chi connectivity index (χ1v) is 6.78. The second-order valence-corrected chi connectivity index (χ2v) is 5.17. The molecule has 1 saturated heterocycles. The molecule has 5 nitrogen and oxygen atoms in total. The highest BCUT2D eigenvalue weighted by Gasteiger charge is 2.24. The van der Waals surface area contributed by atoms with E-state index in [-0.39, 0.29) is 12.1 Å². The molecule has 1 heterocycles. The van der Waals surface area contributed by atoms with Crippen molar-refractivity contribution in [1.29, 1.82) is 0 Å². The van der Waals surface area contributed by atoms with Crippen LogP contribution in [-0.2, 0) is 0 Å². The van der Waals surface area contributed by atoms with Crippen molar-refractivity contribution in [2.75, 3.05) is 27.2 Å². The van der Waals surface area contributed by atoms with E-state index in [1.807, 2.05) is 4.90 Å². The van der Waals surface area contributed by atoms with Crippen LogP contribution in [0.1, 0.15) is 23.2 Å². The molecule has 1 aromatic rings. The van der Waals surface area contributed by atoms with E-state index < -0.39 is 0 Å². The van der Waals surface area contributed by atoms with Gasteiger partial charge in [0, 0.05) is 45.6 Å². The van der Waals surface area contributed by atoms with Crippen molar-refractivity contribution in [3.63, 3.8) is 0 Å². The molecule has 5 heteroatoms. The van der Waals surface area contributed by atoms with E-state index in [4.69, 9.17) is 4.74 Å². The first kappa shape index (κ1) is 14.4. The van der Waals surface area contributed by atoms with Gasteiger partial charge in [-0.3, -0.25) is 4.79 Å². The van der Waals surface area contributed by atoms with Crippen molar-refractivity contribution in [2.45, 2.75) is 18.9 Å². The van der Waals surface area contributed by atoms with Gasteiger partial charge in [0.15, 0.2) is 0 Å². The van der Waals surface area contributed by atoms with Crippen LogP contribution < -0.4 is 4.74 Å². The lowest BCUT2D eigenvalue weighted by molar-refractivity contribution is 0.101. The number of likely N-dealkylation sites (tertiary alicyclic amines) is 1. The maximum atomic E-state index is 11.8. The molecule has 0 N–H and O–H groups in total. The maximum Gasteiger partial charge on any atom is 0.319 e. The third-order valence-corrected chi connectivity index (χ3v) is 3.41. The summed E-state index contributed by atoms with van der Waals surface area (Å²) < 4.78 is 5.88. The summed E-state index contributed by atoms with van der Waals surface area (Å²) in [5.41, 5.74) is 0.642. The van der Waals surface area contributed by atoms with Crippen LogP contribution in [0.25, 0.3) is 0 Å². The van der Waals surface area contributed by atoms with Gasteiger partial charge in [-0.25, -0.2) is 4.79 Å². The Bertz CT molecular complexity index is 463. The van der Waals surface area contributed by atoms with Crippen molar-refractivity contribution in [2.24, 2.45) is 0 Å². The Labute approximate surface area is 119 Å². The lowest BCUT2D eigenvalue weighted by Crippen LogP contribution is -2.46. The summed E-state index contributed by atoms with van der Waals surface area (Å²) in [5.74, 6) is 0.771. The quantitative estimate of drug-likeness (QED) is 0.794. The minimum Gasteiger partial charge on any atom is -0.490 e. The highest BCUT2D eigenvalue weighted by molar-refractivity contribution is 5.75. The predicted octanol–water partition coefficient (Wildman–Crippen LogP) is 2.02. The van der Waals surface area contributed by atoms with E-state index in [0.717, 1.165) is 24.9 Å². The number of carbonyl (C=O) groups is 2. The molecule has 0 aromatic heterocycles. The summed E-state index contributed by atoms with van der Waals surface area (Å²) in [7, 11) is 3.53. The normalized spacial score (nSPS) is 15.8. The monoisotopic (exact) mass is 276 g/mol. The van der Waals surface area contributed by atoms with Crippen LogP contribution in [0.3, 0.4) is 0 Å². The Morgan fingerprint density at radius 3 is 2.35 bits per heavy atom. The fraction of sp³-hybridized carbons (Fsp3) is 0.467. The van der Waals surface area contributed by atoms with Crippen LogP contribution in [0.2, 0.25) is 0 Å². The van der Waals surface area contributed by atoms with Crippen LogP contribution in [0.5, 0.6) is 5.75 Å². The standard InChI is InChI=1S/C15H20N2O3/c1-16(2)15(19)17-9-7-14(8-10-17)20-13-5-3-12(11-18)4-6-13/h3-6,11,14H,7-10H2,1-2H3. The minimum absolute atomic E-state index is 0.0544. The van der Waals surface area contributed by atoms with Crippen molar-refractivity contribution in [3.05, 3.63) is 29.8 Å². The fourth-order valence-electron chi connectivity index (χ4n) is 2.27. The SMILES string of the molecule is CN(C)C(=O)N1CCC(Oc2ccc(C=O)cc2)CC1. The number of ether oxygens (including phenoxy) is 1. The van der Waals surface area contributed by atoms with E-state index in [2.05, 4.69) is 0 Å². The zero-order valence-corrected chi connectivity index (χ0v) is 11.9. The van der Waals surface area contributed by atoms with Gasteiger partial charge in [0.05, 0.1) is 0 Å². The number of amides is 2. The fourth-order valence-corrected chi connectivity index (χ4v) is 2.27. The zero-order valence-electron chi connectivity index (χ0n) is 11.9. The van der Waals surface area contributed by atoms with Crippen molar-refractivity contribution in [1.82, 2.24) is 9.80 Å². The number of rotatable bonds is 3. The summed E-state index contributed by atoms with van der Waals surface area (Å²) in [4.78, 5) is 25.8. The van der Waals surface area contributed by atoms with E-state index in [1.165, 1.54) is 0 Å². The molecular weight excluding hydrogens is 256 g/mol. The van der Waals surface area contributed by atoms with E-state index >= 15 is 0 Å². The molecule has 0 aliphatic carbocycles. The van der Waals surface area contributed by atoms with Crippen LogP contribution in [0.4, 0.5) is 4.79 Å². The Morgan fingerprint density at radius 2 is 1.85 bits per heavy atom. The summed E-state index contributed by atoms with van der Waals surface area (Å²) in [6.07, 6.45) is 2.60. The van der Waals surface area contributed by atoms with Crippen LogP contribution in [-0.4, -0.2) is 55.4 Å². The first-order chi connectivity index (χ1) is 9.60. The smallest absolute Gasteiger partial charge is 0.319 e.